The Morgan fingerprint density at radius 1 is 1.11 bits per heavy atom. The summed E-state index contributed by atoms with van der Waals surface area (Å²) >= 11 is 0. The van der Waals surface area contributed by atoms with E-state index in [2.05, 4.69) is 31.2 Å². The lowest BCUT2D eigenvalue weighted by molar-refractivity contribution is -0.127. The van der Waals surface area contributed by atoms with Gasteiger partial charge in [0.1, 0.15) is 0 Å². The van der Waals surface area contributed by atoms with Crippen LogP contribution in [0.1, 0.15) is 49.7 Å². The van der Waals surface area contributed by atoms with Crippen LogP contribution in [-0.4, -0.2) is 24.9 Å². The largest absolute Gasteiger partial charge is 0.349 e. The second-order valence-electron chi connectivity index (χ2n) is 6.16. The molecule has 0 radical (unpaired) electrons. The molecule has 0 atom stereocenters. The van der Waals surface area contributed by atoms with Crippen molar-refractivity contribution < 1.29 is 4.79 Å². The monoisotopic (exact) mass is 259 g/mol. The first kappa shape index (κ1) is 14.1. The first-order valence-electron chi connectivity index (χ1n) is 7.35. The van der Waals surface area contributed by atoms with Crippen molar-refractivity contribution in [2.24, 2.45) is 5.92 Å². The summed E-state index contributed by atoms with van der Waals surface area (Å²) in [6.45, 7) is 2.35. The Morgan fingerprint density at radius 3 is 2.21 bits per heavy atom. The number of hydrogen-bond acceptors (Lipinski definition) is 1. The molecular formula is C17H25NO. The van der Waals surface area contributed by atoms with Gasteiger partial charge in [0.05, 0.1) is 6.42 Å². The molecular weight excluding hydrogens is 234 g/mol. The van der Waals surface area contributed by atoms with E-state index < -0.39 is 0 Å². The zero-order chi connectivity index (χ0) is 13.8. The van der Waals surface area contributed by atoms with Crippen LogP contribution in [0.15, 0.2) is 24.3 Å². The average molecular weight is 259 g/mol. The number of carbonyl (C=O) groups is 1. The number of rotatable bonds is 3. The summed E-state index contributed by atoms with van der Waals surface area (Å²) in [5, 5.41) is 0. The van der Waals surface area contributed by atoms with Crippen LogP contribution < -0.4 is 0 Å². The van der Waals surface area contributed by atoms with Gasteiger partial charge in [0, 0.05) is 14.1 Å². The Bertz CT molecular complexity index is 413. The molecule has 0 heterocycles. The van der Waals surface area contributed by atoms with Crippen molar-refractivity contribution in [3.63, 3.8) is 0 Å². The normalized spacial score (nSPS) is 23.1. The van der Waals surface area contributed by atoms with Crippen molar-refractivity contribution in [3.05, 3.63) is 35.4 Å². The second-order valence-corrected chi connectivity index (χ2v) is 6.16. The Hall–Kier alpha value is -1.31. The van der Waals surface area contributed by atoms with Gasteiger partial charge in [-0.25, -0.2) is 0 Å². The lowest BCUT2D eigenvalue weighted by Gasteiger charge is -2.26. The van der Waals surface area contributed by atoms with Crippen molar-refractivity contribution in [2.75, 3.05) is 14.1 Å². The average Bonchev–Trinajstić information content (AvgIpc) is 2.40. The molecule has 1 amide bonds. The van der Waals surface area contributed by atoms with Gasteiger partial charge >= 0.3 is 0 Å². The molecule has 1 saturated carbocycles. The number of likely N-dealkylation sites (N-methyl/N-ethyl adjacent to an activating group) is 1. The second kappa shape index (κ2) is 6.23. The van der Waals surface area contributed by atoms with Crippen LogP contribution in [0.2, 0.25) is 0 Å². The first-order valence-corrected chi connectivity index (χ1v) is 7.35. The molecule has 0 N–H and O–H groups in total. The molecule has 1 aromatic rings. The van der Waals surface area contributed by atoms with Crippen molar-refractivity contribution in [1.82, 2.24) is 4.90 Å². The van der Waals surface area contributed by atoms with Gasteiger partial charge in [0.25, 0.3) is 0 Å². The van der Waals surface area contributed by atoms with Gasteiger partial charge in [-0.1, -0.05) is 44.0 Å². The van der Waals surface area contributed by atoms with E-state index in [0.29, 0.717) is 6.42 Å². The Morgan fingerprint density at radius 2 is 1.68 bits per heavy atom. The predicted octanol–water partition coefficient (Wildman–Crippen LogP) is 3.61. The van der Waals surface area contributed by atoms with Crippen molar-refractivity contribution in [2.45, 2.75) is 44.9 Å². The highest BCUT2D eigenvalue weighted by molar-refractivity contribution is 5.78. The fourth-order valence-electron chi connectivity index (χ4n) is 2.83. The topological polar surface area (TPSA) is 20.3 Å². The molecule has 1 aliphatic carbocycles. The summed E-state index contributed by atoms with van der Waals surface area (Å²) in [6.07, 6.45) is 5.85. The molecule has 0 saturated heterocycles. The molecule has 0 unspecified atom stereocenters. The van der Waals surface area contributed by atoms with Crippen molar-refractivity contribution >= 4 is 5.91 Å². The third-order valence-electron chi connectivity index (χ3n) is 4.32. The first-order chi connectivity index (χ1) is 9.06. The number of nitrogens with zero attached hydrogens (tertiary/aromatic N) is 1. The van der Waals surface area contributed by atoms with Gasteiger partial charge in [-0.05, 0) is 35.8 Å². The van der Waals surface area contributed by atoms with Gasteiger partial charge < -0.3 is 4.90 Å². The quantitative estimate of drug-likeness (QED) is 0.812. The van der Waals surface area contributed by atoms with Gasteiger partial charge in [-0.3, -0.25) is 4.79 Å². The van der Waals surface area contributed by atoms with E-state index >= 15 is 0 Å². The van der Waals surface area contributed by atoms with Crippen LogP contribution in [0, 0.1) is 5.92 Å². The van der Waals surface area contributed by atoms with Crippen LogP contribution in [-0.2, 0) is 11.2 Å². The van der Waals surface area contributed by atoms with Gasteiger partial charge in [0.2, 0.25) is 5.91 Å². The summed E-state index contributed by atoms with van der Waals surface area (Å²) in [6, 6.07) is 8.68. The molecule has 0 bridgehead atoms. The smallest absolute Gasteiger partial charge is 0.226 e. The van der Waals surface area contributed by atoms with Gasteiger partial charge in [-0.2, -0.15) is 0 Å². The van der Waals surface area contributed by atoms with Crippen molar-refractivity contribution in [1.29, 1.82) is 0 Å². The summed E-state index contributed by atoms with van der Waals surface area (Å²) < 4.78 is 0. The number of benzene rings is 1. The minimum absolute atomic E-state index is 0.166. The van der Waals surface area contributed by atoms with Crippen LogP contribution in [0.3, 0.4) is 0 Å². The summed E-state index contributed by atoms with van der Waals surface area (Å²) in [5.41, 5.74) is 2.57. The standard InChI is InChI=1S/C17H25NO/c1-13-4-8-15(9-5-13)16-10-6-14(7-11-16)12-17(19)18(2)3/h6-7,10-11,13,15H,4-5,8-9,12H2,1-3H3. The fraction of sp³-hybridized carbons (Fsp3) is 0.588. The Balaban J connectivity index is 1.96. The van der Waals surface area contributed by atoms with Crippen LogP contribution in [0.25, 0.3) is 0 Å². The molecule has 104 valence electrons. The van der Waals surface area contributed by atoms with Gasteiger partial charge in [-0.15, -0.1) is 0 Å². The highest BCUT2D eigenvalue weighted by Crippen LogP contribution is 2.35. The maximum Gasteiger partial charge on any atom is 0.226 e. The van der Waals surface area contributed by atoms with E-state index in [1.54, 1.807) is 19.0 Å². The summed E-state index contributed by atoms with van der Waals surface area (Å²) in [5.74, 6) is 1.79. The van der Waals surface area contributed by atoms with E-state index in [9.17, 15) is 4.79 Å². The van der Waals surface area contributed by atoms with Crippen LogP contribution >= 0.6 is 0 Å². The third kappa shape index (κ3) is 3.82. The molecule has 0 spiro atoms. The van der Waals surface area contributed by atoms with E-state index in [1.165, 1.54) is 31.2 Å². The molecule has 0 aromatic heterocycles. The zero-order valence-corrected chi connectivity index (χ0v) is 12.4. The predicted molar refractivity (Wildman–Crippen MR) is 79.2 cm³/mol. The lowest BCUT2D eigenvalue weighted by Crippen LogP contribution is -2.23. The lowest BCUT2D eigenvalue weighted by atomic mass is 9.79. The van der Waals surface area contributed by atoms with Gasteiger partial charge in [0.15, 0.2) is 0 Å². The molecule has 19 heavy (non-hydrogen) atoms. The summed E-state index contributed by atoms with van der Waals surface area (Å²) in [7, 11) is 3.61. The molecule has 1 aromatic carbocycles. The van der Waals surface area contributed by atoms with E-state index in [0.717, 1.165) is 17.4 Å². The van der Waals surface area contributed by atoms with E-state index in [4.69, 9.17) is 0 Å². The zero-order valence-electron chi connectivity index (χ0n) is 12.4. The molecule has 2 rings (SSSR count). The van der Waals surface area contributed by atoms with Crippen LogP contribution in [0.5, 0.6) is 0 Å². The van der Waals surface area contributed by atoms with Crippen molar-refractivity contribution in [3.8, 4) is 0 Å². The molecule has 2 nitrogen and oxygen atoms in total. The number of amides is 1. The van der Waals surface area contributed by atoms with Crippen LogP contribution in [0.4, 0.5) is 0 Å². The SMILES string of the molecule is CC1CCC(c2ccc(CC(=O)N(C)C)cc2)CC1. The minimum atomic E-state index is 0.166. The van der Waals surface area contributed by atoms with E-state index in [1.807, 2.05) is 0 Å². The summed E-state index contributed by atoms with van der Waals surface area (Å²) in [4.78, 5) is 13.3. The maximum absolute atomic E-state index is 11.7. The Kier molecular flexibility index (Phi) is 4.62. The third-order valence-corrected chi connectivity index (χ3v) is 4.32. The molecule has 2 heteroatoms. The van der Waals surface area contributed by atoms with E-state index in [-0.39, 0.29) is 5.91 Å². The Labute approximate surface area is 116 Å². The highest BCUT2D eigenvalue weighted by atomic mass is 16.2. The number of carbonyl (C=O) groups excluding carboxylic acids is 1. The number of hydrogen-bond donors (Lipinski definition) is 0. The maximum atomic E-state index is 11.7. The molecule has 0 aliphatic heterocycles. The molecule has 1 aliphatic rings. The molecule has 1 fully saturated rings. The highest BCUT2D eigenvalue weighted by Gasteiger charge is 2.19. The minimum Gasteiger partial charge on any atom is -0.349 e. The fourth-order valence-corrected chi connectivity index (χ4v) is 2.83.